The first-order valence-corrected chi connectivity index (χ1v) is 15.3. The minimum atomic E-state index is -0.540. The second-order valence-electron chi connectivity index (χ2n) is 10.0. The minimum absolute atomic E-state index is 0.00305. The molecule has 0 bridgehead atoms. The van der Waals surface area contributed by atoms with Gasteiger partial charge in [0.05, 0.1) is 19.5 Å². The molecule has 46 heavy (non-hydrogen) atoms. The lowest BCUT2D eigenvalue weighted by Crippen LogP contribution is -2.30. The van der Waals surface area contributed by atoms with E-state index < -0.39 is 17.1 Å². The number of rotatable bonds is 11. The predicted molar refractivity (Wildman–Crippen MR) is 178 cm³/mol. The van der Waals surface area contributed by atoms with Gasteiger partial charge in [0.25, 0.3) is 11.8 Å². The zero-order valence-corrected chi connectivity index (χ0v) is 26.3. The number of nitrogens with one attached hydrogen (secondary N) is 3. The summed E-state index contributed by atoms with van der Waals surface area (Å²) in [7, 11) is 3.02. The van der Waals surface area contributed by atoms with Crippen LogP contribution in [0.2, 0.25) is 0 Å². The van der Waals surface area contributed by atoms with Crippen LogP contribution >= 0.6 is 11.8 Å². The van der Waals surface area contributed by atoms with E-state index in [-0.39, 0.29) is 11.6 Å². The van der Waals surface area contributed by atoms with Crippen LogP contribution in [0.25, 0.3) is 6.08 Å². The van der Waals surface area contributed by atoms with Gasteiger partial charge in [0, 0.05) is 33.5 Å². The quantitative estimate of drug-likeness (QED) is 0.135. The Labute approximate surface area is 271 Å². The Balaban J connectivity index is 1.27. The van der Waals surface area contributed by atoms with Crippen LogP contribution in [0.4, 0.5) is 11.4 Å². The van der Waals surface area contributed by atoms with Gasteiger partial charge in [-0.2, -0.15) is 0 Å². The van der Waals surface area contributed by atoms with Gasteiger partial charge in [0.15, 0.2) is 23.0 Å². The maximum atomic E-state index is 13.5. The fourth-order valence-electron chi connectivity index (χ4n) is 4.56. The van der Waals surface area contributed by atoms with Crippen molar-refractivity contribution in [2.75, 3.05) is 38.1 Å². The van der Waals surface area contributed by atoms with Gasteiger partial charge in [-0.15, -0.1) is 11.8 Å². The third-order valence-electron chi connectivity index (χ3n) is 6.87. The summed E-state index contributed by atoms with van der Waals surface area (Å²) < 4.78 is 22.0. The SMILES string of the molecule is COc1cccc(/C=C(\NC(=O)c2ccccc2)C(=O)Nc2ccc(SC(C)C(=O)Nc3ccc4c(c3)OCCO4)cc2)c1OC. The molecule has 1 unspecified atom stereocenters. The standard InChI is InChI=1S/C35H33N3O7S/c1-22(33(39)37-26-14-17-29-31(21-26)45-19-18-44-29)46-27-15-12-25(13-16-27)36-35(41)28(38-34(40)23-8-5-4-6-9-23)20-24-10-7-11-30(42-2)32(24)43-3/h4-17,20-22H,18-19H2,1-3H3,(H,36,41)(H,37,39)(H,38,40)/b28-20-. The van der Waals surface area contributed by atoms with Crippen molar-refractivity contribution in [2.45, 2.75) is 17.1 Å². The number of hydrogen-bond acceptors (Lipinski definition) is 8. The monoisotopic (exact) mass is 639 g/mol. The number of ether oxygens (including phenoxy) is 4. The van der Waals surface area contributed by atoms with Crippen molar-refractivity contribution in [1.82, 2.24) is 5.32 Å². The van der Waals surface area contributed by atoms with E-state index in [2.05, 4.69) is 16.0 Å². The first-order valence-electron chi connectivity index (χ1n) is 14.4. The molecule has 4 aromatic rings. The van der Waals surface area contributed by atoms with Crippen molar-refractivity contribution in [3.8, 4) is 23.0 Å². The molecule has 0 spiro atoms. The number of hydrogen-bond donors (Lipinski definition) is 3. The van der Waals surface area contributed by atoms with Gasteiger partial charge in [-0.1, -0.05) is 30.3 Å². The van der Waals surface area contributed by atoms with Gasteiger partial charge < -0.3 is 34.9 Å². The van der Waals surface area contributed by atoms with E-state index in [0.717, 1.165) is 4.90 Å². The van der Waals surface area contributed by atoms with Crippen molar-refractivity contribution in [3.05, 3.63) is 108 Å². The molecule has 11 heteroatoms. The molecule has 0 saturated heterocycles. The number of benzene rings is 4. The summed E-state index contributed by atoms with van der Waals surface area (Å²) in [4.78, 5) is 40.2. The Hall–Kier alpha value is -5.42. The van der Waals surface area contributed by atoms with Crippen molar-refractivity contribution in [2.24, 2.45) is 0 Å². The third kappa shape index (κ3) is 7.99. The average Bonchev–Trinajstić information content (AvgIpc) is 3.08. The zero-order chi connectivity index (χ0) is 32.5. The van der Waals surface area contributed by atoms with Crippen molar-refractivity contribution < 1.29 is 33.3 Å². The lowest BCUT2D eigenvalue weighted by molar-refractivity contribution is -0.115. The molecule has 1 aliphatic heterocycles. The lowest BCUT2D eigenvalue weighted by Gasteiger charge is -2.19. The molecule has 0 fully saturated rings. The summed E-state index contributed by atoms with van der Waals surface area (Å²) in [6.45, 7) is 2.77. The van der Waals surface area contributed by atoms with E-state index in [9.17, 15) is 14.4 Å². The first-order chi connectivity index (χ1) is 22.3. The van der Waals surface area contributed by atoms with E-state index in [1.807, 2.05) is 19.1 Å². The molecule has 1 atom stereocenters. The number of carbonyl (C=O) groups excluding carboxylic acids is 3. The number of anilines is 2. The highest BCUT2D eigenvalue weighted by molar-refractivity contribution is 8.00. The van der Waals surface area contributed by atoms with Crippen molar-refractivity contribution in [1.29, 1.82) is 0 Å². The summed E-state index contributed by atoms with van der Waals surface area (Å²) in [5, 5.41) is 8.08. The van der Waals surface area contributed by atoms with Crippen LogP contribution in [0.3, 0.4) is 0 Å². The largest absolute Gasteiger partial charge is 0.493 e. The Kier molecular flexibility index (Phi) is 10.5. The molecule has 3 N–H and O–H groups in total. The maximum Gasteiger partial charge on any atom is 0.272 e. The van der Waals surface area contributed by atoms with Gasteiger partial charge >= 0.3 is 0 Å². The molecule has 10 nitrogen and oxygen atoms in total. The molecule has 0 radical (unpaired) electrons. The fraction of sp³-hybridized carbons (Fsp3) is 0.171. The summed E-state index contributed by atoms with van der Waals surface area (Å²) >= 11 is 1.37. The molecule has 5 rings (SSSR count). The highest BCUT2D eigenvalue weighted by Gasteiger charge is 2.19. The Morgan fingerprint density at radius 2 is 1.52 bits per heavy atom. The van der Waals surface area contributed by atoms with Gasteiger partial charge in [-0.25, -0.2) is 0 Å². The Morgan fingerprint density at radius 3 is 2.24 bits per heavy atom. The smallest absolute Gasteiger partial charge is 0.272 e. The van der Waals surface area contributed by atoms with Gasteiger partial charge in [0.2, 0.25) is 5.91 Å². The zero-order valence-electron chi connectivity index (χ0n) is 25.5. The predicted octanol–water partition coefficient (Wildman–Crippen LogP) is 6.00. The molecular weight excluding hydrogens is 606 g/mol. The summed E-state index contributed by atoms with van der Waals surface area (Å²) in [6, 6.07) is 26.2. The van der Waals surface area contributed by atoms with Crippen LogP contribution in [0.15, 0.2) is 102 Å². The number of methoxy groups -OCH3 is 2. The van der Waals surface area contributed by atoms with E-state index in [1.54, 1.807) is 78.9 Å². The Morgan fingerprint density at radius 1 is 0.804 bits per heavy atom. The van der Waals surface area contributed by atoms with Crippen LogP contribution in [0.5, 0.6) is 23.0 Å². The molecule has 0 aliphatic carbocycles. The normalized spacial score (nSPS) is 12.8. The van der Waals surface area contributed by atoms with E-state index in [0.29, 0.717) is 58.7 Å². The number of fused-ring (bicyclic) bond motifs is 1. The van der Waals surface area contributed by atoms with Gasteiger partial charge in [-0.05, 0) is 67.6 Å². The molecule has 3 amide bonds. The molecule has 1 heterocycles. The molecule has 236 valence electrons. The number of carbonyl (C=O) groups is 3. The molecule has 4 aromatic carbocycles. The second kappa shape index (κ2) is 15.0. The van der Waals surface area contributed by atoms with E-state index in [4.69, 9.17) is 18.9 Å². The molecule has 0 saturated carbocycles. The third-order valence-corrected chi connectivity index (χ3v) is 7.98. The average molecular weight is 640 g/mol. The molecular formula is C35H33N3O7S. The highest BCUT2D eigenvalue weighted by Crippen LogP contribution is 2.34. The number of thioether (sulfide) groups is 1. The number of para-hydroxylation sites is 1. The van der Waals surface area contributed by atoms with E-state index in [1.165, 1.54) is 32.1 Å². The lowest BCUT2D eigenvalue weighted by atomic mass is 10.1. The van der Waals surface area contributed by atoms with Gasteiger partial charge in [-0.3, -0.25) is 14.4 Å². The van der Waals surface area contributed by atoms with Crippen molar-refractivity contribution >= 4 is 46.9 Å². The fourth-order valence-corrected chi connectivity index (χ4v) is 5.43. The Bertz CT molecular complexity index is 1740. The first kappa shape index (κ1) is 32.0. The second-order valence-corrected chi connectivity index (χ2v) is 11.5. The topological polar surface area (TPSA) is 124 Å². The van der Waals surface area contributed by atoms with E-state index >= 15 is 0 Å². The van der Waals surface area contributed by atoms with Crippen LogP contribution in [0, 0.1) is 0 Å². The van der Waals surface area contributed by atoms with Gasteiger partial charge in [0.1, 0.15) is 18.9 Å². The van der Waals surface area contributed by atoms with Crippen molar-refractivity contribution in [3.63, 3.8) is 0 Å². The highest BCUT2D eigenvalue weighted by atomic mass is 32.2. The summed E-state index contributed by atoms with van der Waals surface area (Å²) in [5.74, 6) is 0.990. The molecule has 0 aromatic heterocycles. The number of amides is 3. The molecule has 1 aliphatic rings. The van der Waals surface area contributed by atoms with Crippen LogP contribution in [0.1, 0.15) is 22.8 Å². The maximum absolute atomic E-state index is 13.5. The summed E-state index contributed by atoms with van der Waals surface area (Å²) in [5.41, 5.74) is 2.06. The van der Waals surface area contributed by atoms with Crippen LogP contribution in [-0.4, -0.2) is 50.4 Å². The minimum Gasteiger partial charge on any atom is -0.493 e. The summed E-state index contributed by atoms with van der Waals surface area (Å²) in [6.07, 6.45) is 1.53. The van der Waals surface area contributed by atoms with Crippen LogP contribution in [-0.2, 0) is 9.59 Å². The van der Waals surface area contributed by atoms with Crippen LogP contribution < -0.4 is 34.9 Å².